The summed E-state index contributed by atoms with van der Waals surface area (Å²) < 4.78 is 0. The van der Waals surface area contributed by atoms with E-state index in [1.54, 1.807) is 6.07 Å². The Morgan fingerprint density at radius 3 is 1.64 bits per heavy atom. The highest BCUT2D eigenvalue weighted by atomic mass is 14.6. The maximum atomic E-state index is 5.88. The number of nitrogen functional groups attached to an aromatic ring is 3. The number of hydrogen-bond donors (Lipinski definition) is 3. The Kier molecular flexibility index (Phi) is 1.74. The van der Waals surface area contributed by atoms with E-state index in [-0.39, 0.29) is 0 Å². The fourth-order valence-electron chi connectivity index (χ4n) is 1.75. The van der Waals surface area contributed by atoms with E-state index in [9.17, 15) is 0 Å². The van der Waals surface area contributed by atoms with Crippen LogP contribution < -0.4 is 17.2 Å². The number of aryl methyl sites for hydroxylation is 1. The Morgan fingerprint density at radius 1 is 0.714 bits per heavy atom. The van der Waals surface area contributed by atoms with Crippen LogP contribution in [0.4, 0.5) is 17.1 Å². The van der Waals surface area contributed by atoms with E-state index < -0.39 is 0 Å². The van der Waals surface area contributed by atoms with Gasteiger partial charge in [-0.25, -0.2) is 0 Å². The molecule has 3 nitrogen and oxygen atoms in total. The molecule has 0 aromatic heterocycles. The molecule has 0 heterocycles. The van der Waals surface area contributed by atoms with Crippen molar-refractivity contribution < 1.29 is 0 Å². The zero-order valence-corrected chi connectivity index (χ0v) is 8.04. The van der Waals surface area contributed by atoms with Crippen molar-refractivity contribution in [2.24, 2.45) is 0 Å². The molecule has 2 rings (SSSR count). The van der Waals surface area contributed by atoms with E-state index in [0.29, 0.717) is 11.4 Å². The van der Waals surface area contributed by atoms with Crippen LogP contribution in [0.3, 0.4) is 0 Å². The standard InChI is InChI=1S/C11H13N3/c1-6-2-3-8(13)11-9(14)5-4-7(12)10(6)11/h2-5H,12-14H2,1H3. The van der Waals surface area contributed by atoms with E-state index in [0.717, 1.165) is 22.0 Å². The predicted octanol–water partition coefficient (Wildman–Crippen LogP) is 1.89. The van der Waals surface area contributed by atoms with Gasteiger partial charge in [0.15, 0.2) is 0 Å². The number of rotatable bonds is 0. The lowest BCUT2D eigenvalue weighted by atomic mass is 10.0. The first-order valence-electron chi connectivity index (χ1n) is 4.44. The summed E-state index contributed by atoms with van der Waals surface area (Å²) in [6, 6.07) is 7.40. The maximum Gasteiger partial charge on any atom is 0.0416 e. The van der Waals surface area contributed by atoms with E-state index in [2.05, 4.69) is 0 Å². The van der Waals surface area contributed by atoms with E-state index in [4.69, 9.17) is 17.2 Å². The minimum atomic E-state index is 0.676. The lowest BCUT2D eigenvalue weighted by molar-refractivity contribution is 1.53. The fourth-order valence-corrected chi connectivity index (χ4v) is 1.75. The molecule has 0 fully saturated rings. The highest BCUT2D eigenvalue weighted by Crippen LogP contribution is 2.33. The van der Waals surface area contributed by atoms with Crippen LogP contribution in [-0.4, -0.2) is 0 Å². The largest absolute Gasteiger partial charge is 0.398 e. The van der Waals surface area contributed by atoms with Crippen molar-refractivity contribution >= 4 is 27.8 Å². The van der Waals surface area contributed by atoms with Gasteiger partial charge in [0.05, 0.1) is 0 Å². The van der Waals surface area contributed by atoms with Crippen LogP contribution in [-0.2, 0) is 0 Å². The summed E-state index contributed by atoms with van der Waals surface area (Å²) in [4.78, 5) is 0. The van der Waals surface area contributed by atoms with Crippen molar-refractivity contribution in [1.82, 2.24) is 0 Å². The molecular weight excluding hydrogens is 174 g/mol. The first-order valence-corrected chi connectivity index (χ1v) is 4.44. The van der Waals surface area contributed by atoms with Crippen LogP contribution in [0.5, 0.6) is 0 Å². The van der Waals surface area contributed by atoms with Crippen LogP contribution in [0.15, 0.2) is 24.3 Å². The van der Waals surface area contributed by atoms with Crippen molar-refractivity contribution in [1.29, 1.82) is 0 Å². The third-order valence-electron chi connectivity index (χ3n) is 2.47. The first-order chi connectivity index (χ1) is 6.61. The molecular formula is C11H13N3. The van der Waals surface area contributed by atoms with Gasteiger partial charge in [0.25, 0.3) is 0 Å². The molecule has 0 spiro atoms. The van der Waals surface area contributed by atoms with E-state index in [1.807, 2.05) is 25.1 Å². The third-order valence-corrected chi connectivity index (χ3v) is 2.47. The normalized spacial score (nSPS) is 10.6. The summed E-state index contributed by atoms with van der Waals surface area (Å²) >= 11 is 0. The van der Waals surface area contributed by atoms with Gasteiger partial charge >= 0.3 is 0 Å². The second-order valence-corrected chi connectivity index (χ2v) is 3.47. The molecule has 0 unspecified atom stereocenters. The predicted molar refractivity (Wildman–Crippen MR) is 61.9 cm³/mol. The molecule has 14 heavy (non-hydrogen) atoms. The van der Waals surface area contributed by atoms with Gasteiger partial charge in [-0.3, -0.25) is 0 Å². The number of nitrogens with two attached hydrogens (primary N) is 3. The van der Waals surface area contributed by atoms with Crippen molar-refractivity contribution in [2.45, 2.75) is 6.92 Å². The maximum absolute atomic E-state index is 5.88. The number of anilines is 3. The zero-order chi connectivity index (χ0) is 10.3. The second kappa shape index (κ2) is 2.80. The van der Waals surface area contributed by atoms with Gasteiger partial charge in [-0.1, -0.05) is 6.07 Å². The Labute approximate surface area is 82.5 Å². The van der Waals surface area contributed by atoms with Crippen LogP contribution in [0, 0.1) is 6.92 Å². The van der Waals surface area contributed by atoms with Gasteiger partial charge in [0.1, 0.15) is 0 Å². The molecule has 0 aliphatic rings. The molecule has 72 valence electrons. The average Bonchev–Trinajstić information content (AvgIpc) is 2.16. The van der Waals surface area contributed by atoms with Gasteiger partial charge in [0.2, 0.25) is 0 Å². The molecule has 0 aliphatic heterocycles. The lowest BCUT2D eigenvalue weighted by Crippen LogP contribution is -1.97. The Hall–Kier alpha value is -1.90. The van der Waals surface area contributed by atoms with E-state index >= 15 is 0 Å². The Morgan fingerprint density at radius 2 is 1.14 bits per heavy atom. The molecule has 3 heteroatoms. The quantitative estimate of drug-likeness (QED) is 0.551. The summed E-state index contributed by atoms with van der Waals surface area (Å²) in [7, 11) is 0. The average molecular weight is 187 g/mol. The number of hydrogen-bond acceptors (Lipinski definition) is 3. The number of fused-ring (bicyclic) bond motifs is 1. The summed E-state index contributed by atoms with van der Waals surface area (Å²) in [5.41, 5.74) is 20.8. The third kappa shape index (κ3) is 1.06. The smallest absolute Gasteiger partial charge is 0.0416 e. The second-order valence-electron chi connectivity index (χ2n) is 3.47. The molecule has 0 radical (unpaired) electrons. The Balaban J connectivity index is 3.05. The SMILES string of the molecule is Cc1ccc(N)c2c(N)ccc(N)c12. The van der Waals surface area contributed by atoms with Crippen molar-refractivity contribution in [2.75, 3.05) is 17.2 Å². The van der Waals surface area contributed by atoms with Gasteiger partial charge in [0, 0.05) is 27.8 Å². The minimum Gasteiger partial charge on any atom is -0.398 e. The summed E-state index contributed by atoms with van der Waals surface area (Å²) in [5, 5.41) is 1.83. The molecule has 0 aliphatic carbocycles. The van der Waals surface area contributed by atoms with Crippen molar-refractivity contribution in [3.8, 4) is 0 Å². The minimum absolute atomic E-state index is 0.676. The monoisotopic (exact) mass is 187 g/mol. The summed E-state index contributed by atoms with van der Waals surface area (Å²) in [6.45, 7) is 2.00. The summed E-state index contributed by atoms with van der Waals surface area (Å²) in [6.07, 6.45) is 0. The molecule has 0 saturated heterocycles. The highest BCUT2D eigenvalue weighted by Gasteiger charge is 2.07. The summed E-state index contributed by atoms with van der Waals surface area (Å²) in [5.74, 6) is 0. The molecule has 0 saturated carbocycles. The highest BCUT2D eigenvalue weighted by molar-refractivity contribution is 6.08. The van der Waals surface area contributed by atoms with Gasteiger partial charge in [-0.2, -0.15) is 0 Å². The molecule has 2 aromatic rings. The molecule has 2 aromatic carbocycles. The lowest BCUT2D eigenvalue weighted by Gasteiger charge is -2.10. The molecule has 0 amide bonds. The van der Waals surface area contributed by atoms with Gasteiger partial charge in [-0.05, 0) is 30.7 Å². The van der Waals surface area contributed by atoms with Crippen LogP contribution in [0.2, 0.25) is 0 Å². The van der Waals surface area contributed by atoms with E-state index in [1.165, 1.54) is 0 Å². The Bertz CT molecular complexity index is 414. The zero-order valence-electron chi connectivity index (χ0n) is 8.04. The van der Waals surface area contributed by atoms with Gasteiger partial charge in [-0.15, -0.1) is 0 Å². The first kappa shape index (κ1) is 8.69. The van der Waals surface area contributed by atoms with Gasteiger partial charge < -0.3 is 17.2 Å². The van der Waals surface area contributed by atoms with Crippen LogP contribution in [0.25, 0.3) is 10.8 Å². The van der Waals surface area contributed by atoms with Crippen LogP contribution in [0.1, 0.15) is 5.56 Å². The van der Waals surface area contributed by atoms with Crippen LogP contribution >= 0.6 is 0 Å². The molecule has 0 atom stereocenters. The fraction of sp³-hybridized carbons (Fsp3) is 0.0909. The topological polar surface area (TPSA) is 78.1 Å². The molecule has 0 bridgehead atoms. The van der Waals surface area contributed by atoms with Crippen molar-refractivity contribution in [3.63, 3.8) is 0 Å². The molecule has 6 N–H and O–H groups in total. The van der Waals surface area contributed by atoms with Crippen molar-refractivity contribution in [3.05, 3.63) is 29.8 Å². The number of benzene rings is 2.